The zero-order valence-corrected chi connectivity index (χ0v) is 9.30. The Kier molecular flexibility index (Phi) is 4.04. The van der Waals surface area contributed by atoms with Crippen LogP contribution in [0.1, 0.15) is 18.9 Å². The molecule has 0 aliphatic carbocycles. The molecule has 0 saturated carbocycles. The number of carbonyl (C=O) groups is 2. The number of nitrogens with one attached hydrogen (secondary N) is 1. The zero-order chi connectivity index (χ0) is 12.1. The fourth-order valence-electron chi connectivity index (χ4n) is 1.18. The lowest BCUT2D eigenvalue weighted by Crippen LogP contribution is -2.38. The van der Waals surface area contributed by atoms with E-state index in [2.05, 4.69) is 10.4 Å². The molecule has 1 rings (SSSR count). The molecule has 0 aromatic carbocycles. The molecule has 0 fully saturated rings. The van der Waals surface area contributed by atoms with Crippen molar-refractivity contribution in [2.75, 3.05) is 0 Å². The van der Waals surface area contributed by atoms with E-state index in [-0.39, 0.29) is 12.3 Å². The van der Waals surface area contributed by atoms with Crippen LogP contribution in [0.5, 0.6) is 0 Å². The van der Waals surface area contributed by atoms with Crippen molar-refractivity contribution in [1.29, 1.82) is 0 Å². The number of aliphatic carboxylic acids is 1. The summed E-state index contributed by atoms with van der Waals surface area (Å²) in [6.45, 7) is 3.79. The summed E-state index contributed by atoms with van der Waals surface area (Å²) in [5, 5.41) is 15.0. The van der Waals surface area contributed by atoms with Crippen LogP contribution in [0.25, 0.3) is 0 Å². The van der Waals surface area contributed by atoms with Gasteiger partial charge in [-0.1, -0.05) is 0 Å². The summed E-state index contributed by atoms with van der Waals surface area (Å²) in [5.74, 6) is -1.33. The minimum absolute atomic E-state index is 0.221. The second kappa shape index (κ2) is 5.29. The van der Waals surface area contributed by atoms with Gasteiger partial charge in [0, 0.05) is 19.2 Å². The number of carboxylic acid groups (broad SMARTS) is 1. The first-order valence-electron chi connectivity index (χ1n) is 5.00. The number of aryl methyl sites for hydroxylation is 2. The second-order valence-electron chi connectivity index (χ2n) is 3.66. The lowest BCUT2D eigenvalue weighted by atomic mass is 10.3. The Morgan fingerprint density at radius 1 is 1.62 bits per heavy atom. The summed E-state index contributed by atoms with van der Waals surface area (Å²) in [6, 6.07) is -0.855. The normalized spacial score (nSPS) is 12.1. The van der Waals surface area contributed by atoms with Gasteiger partial charge in [-0.2, -0.15) is 5.10 Å². The van der Waals surface area contributed by atoms with Gasteiger partial charge in [0.15, 0.2) is 0 Å². The number of nitrogens with zero attached hydrogens (tertiary/aromatic N) is 2. The van der Waals surface area contributed by atoms with Crippen LogP contribution in [0.4, 0.5) is 0 Å². The Labute approximate surface area is 93.3 Å². The van der Waals surface area contributed by atoms with Gasteiger partial charge in [0.25, 0.3) is 0 Å². The van der Waals surface area contributed by atoms with Crippen molar-refractivity contribution >= 4 is 11.9 Å². The number of aromatic nitrogens is 2. The number of amides is 1. The highest BCUT2D eigenvalue weighted by Gasteiger charge is 2.13. The molecule has 0 unspecified atom stereocenters. The number of carboxylic acids is 1. The predicted molar refractivity (Wildman–Crippen MR) is 56.8 cm³/mol. The number of rotatable bonds is 5. The largest absolute Gasteiger partial charge is 0.480 e. The first-order chi connectivity index (χ1) is 7.49. The maximum atomic E-state index is 11.3. The number of hydrogen-bond donors (Lipinski definition) is 2. The van der Waals surface area contributed by atoms with Crippen LogP contribution in [-0.2, 0) is 16.1 Å². The van der Waals surface area contributed by atoms with E-state index in [1.807, 2.05) is 13.1 Å². The van der Waals surface area contributed by atoms with E-state index in [0.29, 0.717) is 6.54 Å². The molecule has 2 N–H and O–H groups in total. The van der Waals surface area contributed by atoms with E-state index in [4.69, 9.17) is 5.11 Å². The third-order valence-electron chi connectivity index (χ3n) is 2.08. The Hall–Kier alpha value is -1.85. The smallest absolute Gasteiger partial charge is 0.325 e. The third kappa shape index (κ3) is 3.72. The van der Waals surface area contributed by atoms with Crippen molar-refractivity contribution < 1.29 is 14.7 Å². The molecular weight excluding hydrogens is 210 g/mol. The fourth-order valence-corrected chi connectivity index (χ4v) is 1.18. The molecule has 1 amide bonds. The van der Waals surface area contributed by atoms with Gasteiger partial charge >= 0.3 is 5.97 Å². The molecule has 1 heterocycles. The highest BCUT2D eigenvalue weighted by atomic mass is 16.4. The molecule has 0 spiro atoms. The summed E-state index contributed by atoms with van der Waals surface area (Å²) in [7, 11) is 0. The van der Waals surface area contributed by atoms with Gasteiger partial charge in [0.05, 0.1) is 6.20 Å². The first kappa shape index (κ1) is 12.2. The molecule has 0 radical (unpaired) electrons. The van der Waals surface area contributed by atoms with Crippen molar-refractivity contribution in [3.8, 4) is 0 Å². The fraction of sp³-hybridized carbons (Fsp3) is 0.500. The Bertz CT molecular complexity index is 386. The van der Waals surface area contributed by atoms with Crippen molar-refractivity contribution in [2.24, 2.45) is 0 Å². The van der Waals surface area contributed by atoms with Crippen molar-refractivity contribution in [1.82, 2.24) is 15.1 Å². The molecule has 16 heavy (non-hydrogen) atoms. The van der Waals surface area contributed by atoms with E-state index in [1.54, 1.807) is 10.9 Å². The van der Waals surface area contributed by atoms with Crippen LogP contribution in [-0.4, -0.2) is 32.8 Å². The average molecular weight is 225 g/mol. The standard InChI is InChI=1S/C10H15N3O3/c1-7-5-11-13(6-7)4-3-9(14)12-8(2)10(15)16/h5-6,8H,3-4H2,1-2H3,(H,12,14)(H,15,16)/t8-/m0/s1. The van der Waals surface area contributed by atoms with Crippen LogP contribution < -0.4 is 5.32 Å². The molecular formula is C10H15N3O3. The molecule has 1 aromatic heterocycles. The summed E-state index contributed by atoms with van der Waals surface area (Å²) in [5.41, 5.74) is 1.03. The molecule has 1 aromatic rings. The van der Waals surface area contributed by atoms with E-state index in [9.17, 15) is 9.59 Å². The van der Waals surface area contributed by atoms with Crippen LogP contribution in [0.3, 0.4) is 0 Å². The highest BCUT2D eigenvalue weighted by molar-refractivity contribution is 5.83. The lowest BCUT2D eigenvalue weighted by molar-refractivity contribution is -0.141. The van der Waals surface area contributed by atoms with Crippen LogP contribution >= 0.6 is 0 Å². The third-order valence-corrected chi connectivity index (χ3v) is 2.08. The van der Waals surface area contributed by atoms with Crippen molar-refractivity contribution in [3.63, 3.8) is 0 Å². The topological polar surface area (TPSA) is 84.2 Å². The van der Waals surface area contributed by atoms with Gasteiger partial charge in [-0.05, 0) is 19.4 Å². The van der Waals surface area contributed by atoms with E-state index in [0.717, 1.165) is 5.56 Å². The van der Waals surface area contributed by atoms with Gasteiger partial charge in [-0.25, -0.2) is 0 Å². The maximum absolute atomic E-state index is 11.3. The van der Waals surface area contributed by atoms with Gasteiger partial charge in [-0.15, -0.1) is 0 Å². The van der Waals surface area contributed by atoms with Crippen molar-refractivity contribution in [3.05, 3.63) is 18.0 Å². The van der Waals surface area contributed by atoms with Gasteiger partial charge in [0.2, 0.25) is 5.91 Å². The molecule has 0 aliphatic rings. The monoisotopic (exact) mass is 225 g/mol. The minimum Gasteiger partial charge on any atom is -0.480 e. The Morgan fingerprint density at radius 3 is 2.81 bits per heavy atom. The van der Waals surface area contributed by atoms with Gasteiger partial charge < -0.3 is 10.4 Å². The summed E-state index contributed by atoms with van der Waals surface area (Å²) >= 11 is 0. The van der Waals surface area contributed by atoms with Crippen LogP contribution in [0, 0.1) is 6.92 Å². The minimum atomic E-state index is -1.04. The first-order valence-corrected chi connectivity index (χ1v) is 5.00. The summed E-state index contributed by atoms with van der Waals surface area (Å²) in [4.78, 5) is 21.8. The van der Waals surface area contributed by atoms with Crippen molar-refractivity contribution in [2.45, 2.75) is 32.9 Å². The van der Waals surface area contributed by atoms with Gasteiger partial charge in [-0.3, -0.25) is 14.3 Å². The number of hydrogen-bond acceptors (Lipinski definition) is 3. The lowest BCUT2D eigenvalue weighted by Gasteiger charge is -2.08. The van der Waals surface area contributed by atoms with E-state index >= 15 is 0 Å². The highest BCUT2D eigenvalue weighted by Crippen LogP contribution is 1.96. The number of carbonyl (C=O) groups excluding carboxylic acids is 1. The zero-order valence-electron chi connectivity index (χ0n) is 9.30. The molecule has 0 aliphatic heterocycles. The quantitative estimate of drug-likeness (QED) is 0.748. The molecule has 0 saturated heterocycles. The summed E-state index contributed by atoms with van der Waals surface area (Å²) in [6.07, 6.45) is 3.75. The van der Waals surface area contributed by atoms with E-state index in [1.165, 1.54) is 6.92 Å². The Morgan fingerprint density at radius 2 is 2.31 bits per heavy atom. The van der Waals surface area contributed by atoms with Gasteiger partial charge in [0.1, 0.15) is 6.04 Å². The SMILES string of the molecule is Cc1cnn(CCC(=O)N[C@@H](C)C(=O)O)c1. The van der Waals surface area contributed by atoms with Crippen LogP contribution in [0.2, 0.25) is 0 Å². The molecule has 6 nitrogen and oxygen atoms in total. The summed E-state index contributed by atoms with van der Waals surface area (Å²) < 4.78 is 1.65. The predicted octanol–water partition coefficient (Wildman–Crippen LogP) is 0.171. The Balaban J connectivity index is 2.33. The molecule has 6 heteroatoms. The average Bonchev–Trinajstić information content (AvgIpc) is 2.61. The molecule has 88 valence electrons. The van der Waals surface area contributed by atoms with E-state index < -0.39 is 12.0 Å². The second-order valence-corrected chi connectivity index (χ2v) is 3.66. The molecule has 0 bridgehead atoms. The molecule has 1 atom stereocenters. The van der Waals surface area contributed by atoms with Crippen LogP contribution in [0.15, 0.2) is 12.4 Å². The maximum Gasteiger partial charge on any atom is 0.325 e.